The molecule has 0 spiro atoms. The van der Waals surface area contributed by atoms with E-state index < -0.39 is 0 Å². The maximum absolute atomic E-state index is 12.3. The normalized spacial score (nSPS) is 31.3. The standard InChI is InChI=1S/C18H26N2O2S/c1-11-8-12(2)20-16(19-11)23-10-15(21)22-14-9-13-6-7-18(14,5)17(13,3)4/h8,13-14H,6-7,9-10H2,1-5H3/t13-,14-,18+/m1/s1. The maximum Gasteiger partial charge on any atom is 0.316 e. The smallest absolute Gasteiger partial charge is 0.316 e. The van der Waals surface area contributed by atoms with Gasteiger partial charge in [-0.3, -0.25) is 4.79 Å². The van der Waals surface area contributed by atoms with Gasteiger partial charge in [-0.25, -0.2) is 9.97 Å². The van der Waals surface area contributed by atoms with Gasteiger partial charge < -0.3 is 4.74 Å². The summed E-state index contributed by atoms with van der Waals surface area (Å²) in [7, 11) is 0. The van der Waals surface area contributed by atoms with E-state index in [9.17, 15) is 4.79 Å². The Hall–Kier alpha value is -1.10. The highest BCUT2D eigenvalue weighted by molar-refractivity contribution is 7.99. The second-order valence-corrected chi connectivity index (χ2v) is 8.75. The van der Waals surface area contributed by atoms with Crippen molar-refractivity contribution in [1.29, 1.82) is 0 Å². The molecule has 23 heavy (non-hydrogen) atoms. The van der Waals surface area contributed by atoms with Crippen LogP contribution in [0.2, 0.25) is 0 Å². The molecular weight excluding hydrogens is 308 g/mol. The van der Waals surface area contributed by atoms with Gasteiger partial charge >= 0.3 is 5.97 Å². The van der Waals surface area contributed by atoms with Crippen LogP contribution in [0.1, 0.15) is 51.4 Å². The van der Waals surface area contributed by atoms with Crippen LogP contribution in [0, 0.1) is 30.6 Å². The Labute approximate surface area is 142 Å². The van der Waals surface area contributed by atoms with Crippen molar-refractivity contribution < 1.29 is 9.53 Å². The number of aryl methyl sites for hydroxylation is 2. The van der Waals surface area contributed by atoms with Crippen molar-refractivity contribution in [1.82, 2.24) is 9.97 Å². The van der Waals surface area contributed by atoms with E-state index in [0.717, 1.165) is 24.2 Å². The van der Waals surface area contributed by atoms with E-state index in [1.165, 1.54) is 18.2 Å². The molecule has 2 bridgehead atoms. The number of carbonyl (C=O) groups excluding carboxylic acids is 1. The molecule has 0 unspecified atom stereocenters. The molecule has 0 radical (unpaired) electrons. The van der Waals surface area contributed by atoms with Crippen LogP contribution in [-0.4, -0.2) is 27.8 Å². The van der Waals surface area contributed by atoms with Gasteiger partial charge in [0.15, 0.2) is 5.16 Å². The maximum atomic E-state index is 12.3. The van der Waals surface area contributed by atoms with Crippen LogP contribution in [0.4, 0.5) is 0 Å². The molecule has 1 heterocycles. The molecule has 4 nitrogen and oxygen atoms in total. The summed E-state index contributed by atoms with van der Waals surface area (Å²) in [5.41, 5.74) is 2.24. The van der Waals surface area contributed by atoms with Crippen LogP contribution in [0.25, 0.3) is 0 Å². The quantitative estimate of drug-likeness (QED) is 0.474. The van der Waals surface area contributed by atoms with Crippen LogP contribution >= 0.6 is 11.8 Å². The lowest BCUT2D eigenvalue weighted by Crippen LogP contribution is -2.38. The largest absolute Gasteiger partial charge is 0.461 e. The minimum absolute atomic E-state index is 0.0597. The summed E-state index contributed by atoms with van der Waals surface area (Å²) in [6.45, 7) is 10.8. The number of ether oxygens (including phenoxy) is 1. The van der Waals surface area contributed by atoms with Gasteiger partial charge in [0.05, 0.1) is 5.75 Å². The summed E-state index contributed by atoms with van der Waals surface area (Å²) in [5.74, 6) is 0.814. The lowest BCUT2D eigenvalue weighted by Gasteiger charge is -2.38. The van der Waals surface area contributed by atoms with Gasteiger partial charge in [0.2, 0.25) is 0 Å². The Morgan fingerprint density at radius 1 is 1.30 bits per heavy atom. The lowest BCUT2D eigenvalue weighted by molar-refractivity contribution is -0.153. The third kappa shape index (κ3) is 2.88. The van der Waals surface area contributed by atoms with E-state index in [-0.39, 0.29) is 28.7 Å². The van der Waals surface area contributed by atoms with Crippen molar-refractivity contribution in [2.24, 2.45) is 16.7 Å². The highest BCUT2D eigenvalue weighted by Crippen LogP contribution is 2.66. The molecule has 126 valence electrons. The van der Waals surface area contributed by atoms with E-state index in [1.54, 1.807) is 0 Å². The number of aromatic nitrogens is 2. The Kier molecular flexibility index (Phi) is 4.20. The van der Waals surface area contributed by atoms with Crippen LogP contribution in [0.5, 0.6) is 0 Å². The third-order valence-corrected chi connectivity index (χ3v) is 7.09. The monoisotopic (exact) mass is 334 g/mol. The van der Waals surface area contributed by atoms with Gasteiger partial charge in [-0.1, -0.05) is 32.5 Å². The predicted octanol–water partition coefficient (Wildman–Crippen LogP) is 3.94. The molecule has 2 aliphatic rings. The fraction of sp³-hybridized carbons (Fsp3) is 0.722. The summed E-state index contributed by atoms with van der Waals surface area (Å²) < 4.78 is 5.85. The Morgan fingerprint density at radius 3 is 2.48 bits per heavy atom. The van der Waals surface area contributed by atoms with Gasteiger partial charge in [-0.2, -0.15) is 0 Å². The molecule has 2 saturated carbocycles. The third-order valence-electron chi connectivity index (χ3n) is 6.27. The average Bonchev–Trinajstić information content (AvgIpc) is 2.77. The molecule has 5 heteroatoms. The van der Waals surface area contributed by atoms with Gasteiger partial charge in [0, 0.05) is 16.8 Å². The predicted molar refractivity (Wildman–Crippen MR) is 91.3 cm³/mol. The van der Waals surface area contributed by atoms with E-state index in [1.807, 2.05) is 19.9 Å². The highest BCUT2D eigenvalue weighted by Gasteiger charge is 2.62. The zero-order chi connectivity index (χ0) is 16.8. The number of hydrogen-bond donors (Lipinski definition) is 0. The van der Waals surface area contributed by atoms with Crippen LogP contribution < -0.4 is 0 Å². The molecule has 0 amide bonds. The van der Waals surface area contributed by atoms with Gasteiger partial charge in [-0.05, 0) is 50.5 Å². The Balaban J connectivity index is 1.58. The first-order valence-corrected chi connectivity index (χ1v) is 9.35. The number of carbonyl (C=O) groups is 1. The van der Waals surface area contributed by atoms with Gasteiger partial charge in [-0.15, -0.1) is 0 Å². The van der Waals surface area contributed by atoms with E-state index in [4.69, 9.17) is 4.74 Å². The summed E-state index contributed by atoms with van der Waals surface area (Å²) in [6.07, 6.45) is 3.50. The molecule has 0 aliphatic heterocycles. The molecule has 0 N–H and O–H groups in total. The molecule has 3 atom stereocenters. The second-order valence-electron chi connectivity index (χ2n) is 7.81. The Morgan fingerprint density at radius 2 is 1.96 bits per heavy atom. The van der Waals surface area contributed by atoms with Crippen molar-refractivity contribution in [2.75, 3.05) is 5.75 Å². The van der Waals surface area contributed by atoms with E-state index in [2.05, 4.69) is 30.7 Å². The molecule has 0 saturated heterocycles. The SMILES string of the molecule is Cc1cc(C)nc(SCC(=O)O[C@@H]2C[C@H]3CC[C@]2(C)C3(C)C)n1. The van der Waals surface area contributed by atoms with Crippen molar-refractivity contribution in [2.45, 2.75) is 65.1 Å². The molecule has 0 aromatic carbocycles. The lowest BCUT2D eigenvalue weighted by atomic mass is 9.70. The van der Waals surface area contributed by atoms with Crippen LogP contribution in [0.3, 0.4) is 0 Å². The summed E-state index contributed by atoms with van der Waals surface area (Å²) in [4.78, 5) is 21.0. The van der Waals surface area contributed by atoms with Crippen molar-refractivity contribution in [3.05, 3.63) is 17.5 Å². The molecule has 1 aromatic rings. The summed E-state index contributed by atoms with van der Waals surface area (Å²) >= 11 is 1.36. The van der Waals surface area contributed by atoms with Crippen LogP contribution in [-0.2, 0) is 9.53 Å². The zero-order valence-corrected chi connectivity index (χ0v) is 15.5. The van der Waals surface area contributed by atoms with E-state index >= 15 is 0 Å². The number of thioether (sulfide) groups is 1. The average molecular weight is 334 g/mol. The number of rotatable bonds is 4. The zero-order valence-electron chi connectivity index (χ0n) is 14.7. The molecular formula is C18H26N2O2S. The topological polar surface area (TPSA) is 52.1 Å². The summed E-state index contributed by atoms with van der Waals surface area (Å²) in [5, 5.41) is 0.652. The minimum atomic E-state index is -0.146. The minimum Gasteiger partial charge on any atom is -0.461 e. The van der Waals surface area contributed by atoms with E-state index in [0.29, 0.717) is 11.1 Å². The second kappa shape index (κ2) is 5.76. The molecule has 2 aliphatic carbocycles. The van der Waals surface area contributed by atoms with Crippen molar-refractivity contribution in [3.63, 3.8) is 0 Å². The number of fused-ring (bicyclic) bond motifs is 2. The first kappa shape index (κ1) is 16.7. The Bertz CT molecular complexity index is 611. The van der Waals surface area contributed by atoms with Gasteiger partial charge in [0.25, 0.3) is 0 Å². The fourth-order valence-corrected chi connectivity index (χ4v) is 5.11. The molecule has 1 aromatic heterocycles. The van der Waals surface area contributed by atoms with Gasteiger partial charge in [0.1, 0.15) is 6.10 Å². The summed E-state index contributed by atoms with van der Waals surface area (Å²) in [6, 6.07) is 1.93. The van der Waals surface area contributed by atoms with Crippen molar-refractivity contribution >= 4 is 17.7 Å². The van der Waals surface area contributed by atoms with Crippen molar-refractivity contribution in [3.8, 4) is 0 Å². The van der Waals surface area contributed by atoms with Crippen LogP contribution in [0.15, 0.2) is 11.2 Å². The first-order chi connectivity index (χ1) is 10.7. The number of esters is 1. The fourth-order valence-electron chi connectivity index (χ4n) is 4.38. The number of nitrogens with zero attached hydrogens (tertiary/aromatic N) is 2. The number of hydrogen-bond acceptors (Lipinski definition) is 5. The highest BCUT2D eigenvalue weighted by atomic mass is 32.2. The first-order valence-electron chi connectivity index (χ1n) is 8.37. The molecule has 3 rings (SSSR count). The molecule has 2 fully saturated rings.